The van der Waals surface area contributed by atoms with Crippen LogP contribution < -0.4 is 9.88 Å². The smallest absolute Gasteiger partial charge is 0.238 e. The van der Waals surface area contributed by atoms with Crippen molar-refractivity contribution < 1.29 is 27.0 Å². The first-order valence-electron chi connectivity index (χ1n) is 12.4. The maximum atomic E-state index is 11.7. The number of hydrogen-bond donors (Lipinski definition) is 1. The van der Waals surface area contributed by atoms with Crippen LogP contribution in [0.1, 0.15) is 24.3 Å². The molecule has 1 aliphatic heterocycles. The third-order valence-corrected chi connectivity index (χ3v) is 7.73. The van der Waals surface area contributed by atoms with Gasteiger partial charge in [-0.1, -0.05) is 42.5 Å². The molecule has 4 aromatic rings. The topological polar surface area (TPSA) is 114 Å². The van der Waals surface area contributed by atoms with Crippen LogP contribution in [0.25, 0.3) is 22.6 Å². The van der Waals surface area contributed by atoms with Gasteiger partial charge in [-0.3, -0.25) is 0 Å². The van der Waals surface area contributed by atoms with Crippen LogP contribution in [0, 0.1) is 0 Å². The van der Waals surface area contributed by atoms with E-state index in [1.165, 1.54) is 12.1 Å². The van der Waals surface area contributed by atoms with Crippen molar-refractivity contribution in [1.82, 2.24) is 4.98 Å². The van der Waals surface area contributed by atoms with Crippen molar-refractivity contribution >= 4 is 10.0 Å². The van der Waals surface area contributed by atoms with Crippen LogP contribution in [-0.2, 0) is 31.5 Å². The number of hydrogen-bond acceptors (Lipinski definition) is 7. The highest BCUT2D eigenvalue weighted by Crippen LogP contribution is 2.37. The number of rotatable bonds is 9. The molecule has 0 atom stereocenters. The lowest BCUT2D eigenvalue weighted by Gasteiger charge is -2.36. The van der Waals surface area contributed by atoms with Gasteiger partial charge >= 0.3 is 0 Å². The average Bonchev–Trinajstić information content (AvgIpc) is 3.38. The second-order valence-electron chi connectivity index (χ2n) is 9.16. The van der Waals surface area contributed by atoms with Gasteiger partial charge in [-0.25, -0.2) is 18.5 Å². The van der Waals surface area contributed by atoms with Gasteiger partial charge in [0, 0.05) is 44.3 Å². The summed E-state index contributed by atoms with van der Waals surface area (Å²) >= 11 is 0. The molecule has 1 fully saturated rings. The number of primary sulfonamides is 1. The molecule has 0 amide bonds. The minimum Gasteiger partial charge on any atom is -0.493 e. The lowest BCUT2D eigenvalue weighted by molar-refractivity contribution is -0.0948. The van der Waals surface area contributed by atoms with E-state index in [1.54, 1.807) is 19.2 Å². The molecule has 0 saturated carbocycles. The van der Waals surface area contributed by atoms with Crippen molar-refractivity contribution in [3.63, 3.8) is 0 Å². The second-order valence-corrected chi connectivity index (χ2v) is 10.7. The van der Waals surface area contributed by atoms with Crippen LogP contribution >= 0.6 is 0 Å². The zero-order valence-electron chi connectivity index (χ0n) is 21.1. The highest BCUT2D eigenvalue weighted by Gasteiger charge is 2.34. The second kappa shape index (κ2) is 11.1. The Bertz CT molecular complexity index is 1480. The zero-order valence-corrected chi connectivity index (χ0v) is 21.9. The van der Waals surface area contributed by atoms with Crippen LogP contribution in [-0.4, -0.2) is 40.3 Å². The largest absolute Gasteiger partial charge is 0.493 e. The Hall–Kier alpha value is -3.50. The van der Waals surface area contributed by atoms with E-state index in [1.807, 2.05) is 48.5 Å². The van der Waals surface area contributed by atoms with E-state index in [9.17, 15) is 8.42 Å². The van der Waals surface area contributed by atoms with E-state index < -0.39 is 10.0 Å². The summed E-state index contributed by atoms with van der Waals surface area (Å²) in [6.07, 6.45) is 2.04. The quantitative estimate of drug-likeness (QED) is 0.324. The van der Waals surface area contributed by atoms with Gasteiger partial charge in [0.15, 0.2) is 11.7 Å². The third kappa shape index (κ3) is 5.66. The van der Waals surface area contributed by atoms with Crippen LogP contribution in [0.15, 0.2) is 88.2 Å². The van der Waals surface area contributed by atoms with Crippen molar-refractivity contribution in [3.8, 4) is 28.3 Å². The molecule has 1 aromatic heterocycles. The Morgan fingerprint density at radius 2 is 1.68 bits per heavy atom. The van der Waals surface area contributed by atoms with Crippen molar-refractivity contribution in [2.75, 3.05) is 26.9 Å². The lowest BCUT2D eigenvalue weighted by atomic mass is 9.86. The Morgan fingerprint density at radius 3 is 2.37 bits per heavy atom. The van der Waals surface area contributed by atoms with E-state index in [0.29, 0.717) is 49.1 Å². The molecule has 9 heteroatoms. The summed E-state index contributed by atoms with van der Waals surface area (Å²) < 4.78 is 47.0. The van der Waals surface area contributed by atoms with Gasteiger partial charge in [0.05, 0.1) is 23.5 Å². The van der Waals surface area contributed by atoms with Crippen molar-refractivity contribution in [2.24, 2.45) is 5.14 Å². The monoisotopic (exact) mass is 534 g/mol. The fourth-order valence-electron chi connectivity index (χ4n) is 4.69. The summed E-state index contributed by atoms with van der Waals surface area (Å²) in [7, 11) is -2.05. The third-order valence-electron chi connectivity index (χ3n) is 6.80. The van der Waals surface area contributed by atoms with E-state index in [2.05, 4.69) is 6.07 Å². The maximum absolute atomic E-state index is 11.7. The van der Waals surface area contributed by atoms with Gasteiger partial charge in [-0.05, 0) is 42.0 Å². The van der Waals surface area contributed by atoms with E-state index in [0.717, 1.165) is 29.7 Å². The summed E-state index contributed by atoms with van der Waals surface area (Å²) in [5.41, 5.74) is 2.98. The molecule has 1 saturated heterocycles. The number of ether oxygens (including phenoxy) is 3. The van der Waals surface area contributed by atoms with Crippen LogP contribution in [0.4, 0.5) is 0 Å². The molecule has 0 spiro atoms. The molecule has 0 bridgehead atoms. The molecule has 2 N–H and O–H groups in total. The van der Waals surface area contributed by atoms with Crippen LogP contribution in [0.5, 0.6) is 5.75 Å². The Labute approximate surface area is 222 Å². The molecule has 5 rings (SSSR count). The standard InChI is InChI=1S/C29H30N2O6S/c1-34-29(15-18-35-19-16-29)23-8-5-9-24(20-23)36-17-14-26-31-27(21-6-3-2-4-7-21)28(37-26)22-10-12-25(13-11-22)38(30,32)33/h2-13,20H,14-19H2,1H3,(H2,30,32,33). The number of nitrogens with zero attached hydrogens (tertiary/aromatic N) is 1. The minimum atomic E-state index is -3.79. The lowest BCUT2D eigenvalue weighted by Crippen LogP contribution is -2.35. The molecule has 2 heterocycles. The fraction of sp³-hybridized carbons (Fsp3) is 0.276. The summed E-state index contributed by atoms with van der Waals surface area (Å²) in [6, 6.07) is 23.9. The zero-order chi connectivity index (χ0) is 26.6. The van der Waals surface area contributed by atoms with Gasteiger partial charge in [-0.15, -0.1) is 0 Å². The first-order chi connectivity index (χ1) is 18.4. The summed E-state index contributed by atoms with van der Waals surface area (Å²) in [6.45, 7) is 1.70. The first kappa shape index (κ1) is 26.1. The molecular formula is C29H30N2O6S. The van der Waals surface area contributed by atoms with E-state index in [4.69, 9.17) is 28.8 Å². The molecule has 0 aliphatic carbocycles. The molecule has 8 nitrogen and oxygen atoms in total. The highest BCUT2D eigenvalue weighted by atomic mass is 32.2. The molecule has 38 heavy (non-hydrogen) atoms. The number of benzene rings is 3. The maximum Gasteiger partial charge on any atom is 0.238 e. The number of nitrogens with two attached hydrogens (primary N) is 1. The number of aromatic nitrogens is 1. The summed E-state index contributed by atoms with van der Waals surface area (Å²) in [4.78, 5) is 4.79. The molecule has 0 radical (unpaired) electrons. The highest BCUT2D eigenvalue weighted by molar-refractivity contribution is 7.89. The van der Waals surface area contributed by atoms with Gasteiger partial charge < -0.3 is 18.6 Å². The van der Waals surface area contributed by atoms with Gasteiger partial charge in [0.1, 0.15) is 11.4 Å². The van der Waals surface area contributed by atoms with Crippen LogP contribution in [0.3, 0.4) is 0 Å². The SMILES string of the molecule is COC1(c2cccc(OCCc3nc(-c4ccccc4)c(-c4ccc(S(N)(=O)=O)cc4)o3)c2)CCOCC1. The normalized spacial score (nSPS) is 15.3. The van der Waals surface area contributed by atoms with Gasteiger partial charge in [0.2, 0.25) is 10.0 Å². The number of sulfonamides is 1. The summed E-state index contributed by atoms with van der Waals surface area (Å²) in [5.74, 6) is 1.82. The first-order valence-corrected chi connectivity index (χ1v) is 14.0. The van der Waals surface area contributed by atoms with Crippen LogP contribution in [0.2, 0.25) is 0 Å². The van der Waals surface area contributed by atoms with Gasteiger partial charge in [0.25, 0.3) is 0 Å². The Balaban J connectivity index is 1.35. The Kier molecular flexibility index (Phi) is 7.62. The average molecular weight is 535 g/mol. The summed E-state index contributed by atoms with van der Waals surface area (Å²) in [5, 5.41) is 5.25. The minimum absolute atomic E-state index is 0.0360. The molecule has 0 unspecified atom stereocenters. The van der Waals surface area contributed by atoms with E-state index in [-0.39, 0.29) is 10.5 Å². The predicted octanol–water partition coefficient (Wildman–Crippen LogP) is 4.93. The Morgan fingerprint density at radius 1 is 0.947 bits per heavy atom. The van der Waals surface area contributed by atoms with E-state index >= 15 is 0 Å². The van der Waals surface area contributed by atoms with Gasteiger partial charge in [-0.2, -0.15) is 0 Å². The predicted molar refractivity (Wildman–Crippen MR) is 143 cm³/mol. The molecule has 198 valence electrons. The van der Waals surface area contributed by atoms with Crippen molar-refractivity contribution in [3.05, 3.63) is 90.3 Å². The van der Waals surface area contributed by atoms with Crippen molar-refractivity contribution in [1.29, 1.82) is 0 Å². The molecular weight excluding hydrogens is 504 g/mol. The number of methoxy groups -OCH3 is 1. The number of oxazole rings is 1. The molecule has 1 aliphatic rings. The molecule has 3 aromatic carbocycles. The van der Waals surface area contributed by atoms with Crippen molar-refractivity contribution in [2.45, 2.75) is 29.8 Å². The fourth-order valence-corrected chi connectivity index (χ4v) is 5.21.